The van der Waals surface area contributed by atoms with Crippen LogP contribution in [0.5, 0.6) is 0 Å². The van der Waals surface area contributed by atoms with E-state index in [1.54, 1.807) is 0 Å². The van der Waals surface area contributed by atoms with Gasteiger partial charge in [0, 0.05) is 19.2 Å². The SMILES string of the molecule is CNCC1CCN(S(=O)(=O)c2cc(F)cc(F)c2)CC1.Cl. The van der Waals surface area contributed by atoms with Crippen LogP contribution < -0.4 is 5.32 Å². The summed E-state index contributed by atoms with van der Waals surface area (Å²) < 4.78 is 52.3. The Hall–Kier alpha value is -0.760. The molecule has 1 aromatic rings. The Bertz CT molecular complexity index is 555. The molecule has 4 nitrogen and oxygen atoms in total. The molecule has 2 rings (SSSR count). The van der Waals surface area contributed by atoms with Crippen LogP contribution in [0, 0.1) is 17.6 Å². The van der Waals surface area contributed by atoms with E-state index in [-0.39, 0.29) is 17.3 Å². The maximum atomic E-state index is 13.2. The fourth-order valence-corrected chi connectivity index (χ4v) is 3.98. The van der Waals surface area contributed by atoms with Crippen LogP contribution in [-0.4, -0.2) is 39.4 Å². The van der Waals surface area contributed by atoms with Crippen molar-refractivity contribution in [3.8, 4) is 0 Å². The van der Waals surface area contributed by atoms with Crippen LogP contribution in [0.1, 0.15) is 12.8 Å². The van der Waals surface area contributed by atoms with E-state index in [2.05, 4.69) is 5.32 Å². The van der Waals surface area contributed by atoms with Crippen molar-refractivity contribution >= 4 is 22.4 Å². The highest BCUT2D eigenvalue weighted by atomic mass is 35.5. The van der Waals surface area contributed by atoms with E-state index >= 15 is 0 Å². The Kier molecular flexibility index (Phi) is 6.52. The molecule has 1 fully saturated rings. The third kappa shape index (κ3) is 4.35. The molecular weight excluding hydrogens is 322 g/mol. The number of halogens is 3. The summed E-state index contributed by atoms with van der Waals surface area (Å²) in [7, 11) is -1.95. The molecule has 0 atom stereocenters. The number of hydrogen-bond donors (Lipinski definition) is 1. The van der Waals surface area contributed by atoms with Crippen molar-refractivity contribution in [1.82, 2.24) is 9.62 Å². The second-order valence-corrected chi connectivity index (χ2v) is 6.95. The van der Waals surface area contributed by atoms with Crippen LogP contribution >= 0.6 is 12.4 Å². The van der Waals surface area contributed by atoms with Crippen molar-refractivity contribution in [1.29, 1.82) is 0 Å². The number of rotatable bonds is 4. The summed E-state index contributed by atoms with van der Waals surface area (Å²) in [6, 6.07) is 2.38. The second-order valence-electron chi connectivity index (χ2n) is 5.01. The highest BCUT2D eigenvalue weighted by Crippen LogP contribution is 2.24. The molecule has 120 valence electrons. The predicted octanol–water partition coefficient (Wildman–Crippen LogP) is 2.01. The van der Waals surface area contributed by atoms with Gasteiger partial charge in [0.25, 0.3) is 0 Å². The van der Waals surface area contributed by atoms with Crippen molar-refractivity contribution in [2.45, 2.75) is 17.7 Å². The van der Waals surface area contributed by atoms with Crippen molar-refractivity contribution in [3.63, 3.8) is 0 Å². The molecule has 21 heavy (non-hydrogen) atoms. The van der Waals surface area contributed by atoms with Gasteiger partial charge in [-0.25, -0.2) is 17.2 Å². The maximum Gasteiger partial charge on any atom is 0.243 e. The zero-order chi connectivity index (χ0) is 14.8. The highest BCUT2D eigenvalue weighted by Gasteiger charge is 2.29. The van der Waals surface area contributed by atoms with E-state index < -0.39 is 21.7 Å². The first kappa shape index (κ1) is 18.3. The minimum absolute atomic E-state index is 0. The number of nitrogens with one attached hydrogen (secondary N) is 1. The van der Waals surface area contributed by atoms with E-state index in [0.29, 0.717) is 25.1 Å². The van der Waals surface area contributed by atoms with Crippen molar-refractivity contribution < 1.29 is 17.2 Å². The highest BCUT2D eigenvalue weighted by molar-refractivity contribution is 7.89. The summed E-state index contributed by atoms with van der Waals surface area (Å²) in [5.41, 5.74) is 0. The first-order valence-corrected chi connectivity index (χ1v) is 7.98. The summed E-state index contributed by atoms with van der Waals surface area (Å²) in [5, 5.41) is 3.07. The third-order valence-electron chi connectivity index (χ3n) is 3.54. The van der Waals surface area contributed by atoms with Crippen molar-refractivity contribution in [3.05, 3.63) is 29.8 Å². The van der Waals surface area contributed by atoms with Gasteiger partial charge in [-0.05, 0) is 44.5 Å². The van der Waals surface area contributed by atoms with Crippen LogP contribution in [0.4, 0.5) is 8.78 Å². The topological polar surface area (TPSA) is 49.4 Å². The first-order valence-electron chi connectivity index (χ1n) is 6.54. The minimum Gasteiger partial charge on any atom is -0.319 e. The molecule has 0 aliphatic carbocycles. The molecule has 0 unspecified atom stereocenters. The smallest absolute Gasteiger partial charge is 0.243 e. The monoisotopic (exact) mass is 340 g/mol. The van der Waals surface area contributed by atoms with Crippen LogP contribution in [0.15, 0.2) is 23.1 Å². The van der Waals surface area contributed by atoms with E-state index in [1.807, 2.05) is 7.05 Å². The summed E-state index contributed by atoms with van der Waals surface area (Å²) in [4.78, 5) is -0.318. The molecule has 1 aromatic carbocycles. The predicted molar refractivity (Wildman–Crippen MR) is 79.0 cm³/mol. The van der Waals surface area contributed by atoms with Crippen molar-refractivity contribution in [2.75, 3.05) is 26.7 Å². The van der Waals surface area contributed by atoms with Gasteiger partial charge < -0.3 is 5.32 Å². The fourth-order valence-electron chi connectivity index (χ4n) is 2.47. The second kappa shape index (κ2) is 7.49. The minimum atomic E-state index is -3.81. The molecule has 0 saturated carbocycles. The standard InChI is InChI=1S/C13H18F2N2O2S.ClH/c1-16-9-10-2-4-17(5-3-10)20(18,19)13-7-11(14)6-12(15)8-13;/h6-8,10,16H,2-5,9H2,1H3;1H. The third-order valence-corrected chi connectivity index (χ3v) is 5.42. The van der Waals surface area contributed by atoms with Gasteiger partial charge in [0.1, 0.15) is 11.6 Å². The van der Waals surface area contributed by atoms with Gasteiger partial charge in [-0.15, -0.1) is 12.4 Å². The Morgan fingerprint density at radius 3 is 2.19 bits per heavy atom. The molecule has 1 aliphatic heterocycles. The maximum absolute atomic E-state index is 13.2. The average Bonchev–Trinajstić information content (AvgIpc) is 2.38. The number of benzene rings is 1. The van der Waals surface area contributed by atoms with Gasteiger partial charge in [-0.2, -0.15) is 4.31 Å². The number of piperidine rings is 1. The van der Waals surface area contributed by atoms with Crippen LogP contribution in [0.3, 0.4) is 0 Å². The molecule has 0 aromatic heterocycles. The number of sulfonamides is 1. The number of nitrogens with zero attached hydrogens (tertiary/aromatic N) is 1. The van der Waals surface area contributed by atoms with Crippen molar-refractivity contribution in [2.24, 2.45) is 5.92 Å². The van der Waals surface area contributed by atoms with Crippen LogP contribution in [0.2, 0.25) is 0 Å². The first-order chi connectivity index (χ1) is 9.43. The Morgan fingerprint density at radius 1 is 1.19 bits per heavy atom. The lowest BCUT2D eigenvalue weighted by Gasteiger charge is -2.31. The Labute approximate surface area is 130 Å². The molecule has 1 heterocycles. The quantitative estimate of drug-likeness (QED) is 0.912. The largest absolute Gasteiger partial charge is 0.319 e. The summed E-state index contributed by atoms with van der Waals surface area (Å²) in [6.07, 6.45) is 1.50. The van der Waals surface area contributed by atoms with Gasteiger partial charge in [0.15, 0.2) is 0 Å². The van der Waals surface area contributed by atoms with Crippen LogP contribution in [-0.2, 0) is 10.0 Å². The molecule has 1 saturated heterocycles. The normalized spacial score (nSPS) is 17.5. The molecule has 0 radical (unpaired) electrons. The van der Waals surface area contributed by atoms with Crippen LogP contribution in [0.25, 0.3) is 0 Å². The van der Waals surface area contributed by atoms with E-state index in [1.165, 1.54) is 4.31 Å². The molecule has 1 aliphatic rings. The van der Waals surface area contributed by atoms with E-state index in [0.717, 1.165) is 31.5 Å². The fraction of sp³-hybridized carbons (Fsp3) is 0.538. The van der Waals surface area contributed by atoms with Gasteiger partial charge in [-0.1, -0.05) is 0 Å². The molecule has 0 amide bonds. The lowest BCUT2D eigenvalue weighted by molar-refractivity contribution is 0.270. The summed E-state index contributed by atoms with van der Waals surface area (Å²) >= 11 is 0. The van der Waals surface area contributed by atoms with Gasteiger partial charge in [-0.3, -0.25) is 0 Å². The van der Waals surface area contributed by atoms with E-state index in [9.17, 15) is 17.2 Å². The van der Waals surface area contributed by atoms with Gasteiger partial charge in [0.2, 0.25) is 10.0 Å². The zero-order valence-corrected chi connectivity index (χ0v) is 13.3. The number of hydrogen-bond acceptors (Lipinski definition) is 3. The lowest BCUT2D eigenvalue weighted by atomic mass is 9.98. The lowest BCUT2D eigenvalue weighted by Crippen LogP contribution is -2.40. The average molecular weight is 341 g/mol. The van der Waals surface area contributed by atoms with Gasteiger partial charge >= 0.3 is 0 Å². The molecule has 0 bridgehead atoms. The van der Waals surface area contributed by atoms with E-state index in [4.69, 9.17) is 0 Å². The molecule has 8 heteroatoms. The molecular formula is C13H19ClF2N2O2S. The van der Waals surface area contributed by atoms with Gasteiger partial charge in [0.05, 0.1) is 4.90 Å². The summed E-state index contributed by atoms with van der Waals surface area (Å²) in [5.74, 6) is -1.32. The zero-order valence-electron chi connectivity index (χ0n) is 11.7. The summed E-state index contributed by atoms with van der Waals surface area (Å²) in [6.45, 7) is 1.61. The molecule has 1 N–H and O–H groups in total. The Balaban J connectivity index is 0.00000220. The Morgan fingerprint density at radius 2 is 1.71 bits per heavy atom. The molecule has 0 spiro atoms.